The Hall–Kier alpha value is -2.15. The fraction of sp³-hybridized carbons (Fsp3) is 0.333. The highest BCUT2D eigenvalue weighted by atomic mass is 32.2. The summed E-state index contributed by atoms with van der Waals surface area (Å²) in [6.07, 6.45) is 1.95. The van der Waals surface area contributed by atoms with Gasteiger partial charge in [-0.25, -0.2) is 4.98 Å². The van der Waals surface area contributed by atoms with Crippen LogP contribution in [0.25, 0.3) is 21.0 Å². The Labute approximate surface area is 186 Å². The first kappa shape index (κ1) is 21.1. The standard InChI is InChI=1S/C24H26N2O2S2/c1-24(2,3)30-20-10-8-17(9-11-20)21-12-25-22(29-21)18-6-4-16(5-7-18)13-26-14-19(15-26)23(27)28/h4-12,19H,13-15H2,1-3H3,(H,27,28). The van der Waals surface area contributed by atoms with Crippen molar-refractivity contribution in [1.82, 2.24) is 9.88 Å². The lowest BCUT2D eigenvalue weighted by atomic mass is 9.99. The molecule has 3 aromatic rings. The highest BCUT2D eigenvalue weighted by Gasteiger charge is 2.32. The maximum Gasteiger partial charge on any atom is 0.309 e. The monoisotopic (exact) mass is 438 g/mol. The number of aromatic nitrogens is 1. The smallest absolute Gasteiger partial charge is 0.309 e. The van der Waals surface area contributed by atoms with Gasteiger partial charge in [-0.3, -0.25) is 9.69 Å². The van der Waals surface area contributed by atoms with Crippen molar-refractivity contribution in [3.63, 3.8) is 0 Å². The van der Waals surface area contributed by atoms with Gasteiger partial charge in [-0.1, -0.05) is 57.2 Å². The molecule has 1 fully saturated rings. The molecule has 0 aliphatic carbocycles. The minimum absolute atomic E-state index is 0.207. The lowest BCUT2D eigenvalue weighted by Gasteiger charge is -2.36. The topological polar surface area (TPSA) is 53.4 Å². The molecule has 30 heavy (non-hydrogen) atoms. The third kappa shape index (κ3) is 5.12. The number of carboxylic acids is 1. The molecule has 0 radical (unpaired) electrons. The van der Waals surface area contributed by atoms with Gasteiger partial charge in [-0.15, -0.1) is 23.1 Å². The van der Waals surface area contributed by atoms with Crippen LogP contribution in [0.3, 0.4) is 0 Å². The van der Waals surface area contributed by atoms with E-state index in [1.807, 2.05) is 18.0 Å². The number of thiazole rings is 1. The quantitative estimate of drug-likeness (QED) is 0.487. The molecule has 6 heteroatoms. The Morgan fingerprint density at radius 3 is 2.33 bits per heavy atom. The number of carbonyl (C=O) groups is 1. The summed E-state index contributed by atoms with van der Waals surface area (Å²) in [6, 6.07) is 17.2. The molecular formula is C24H26N2O2S2. The van der Waals surface area contributed by atoms with E-state index >= 15 is 0 Å². The van der Waals surface area contributed by atoms with Gasteiger partial charge in [0.25, 0.3) is 0 Å². The highest BCUT2D eigenvalue weighted by molar-refractivity contribution is 8.00. The predicted octanol–water partition coefficient (Wildman–Crippen LogP) is 5.88. The SMILES string of the molecule is CC(C)(C)Sc1ccc(-c2cnc(-c3ccc(CN4CC(C(=O)O)C4)cc3)s2)cc1. The summed E-state index contributed by atoms with van der Waals surface area (Å²) in [5.41, 5.74) is 3.51. The summed E-state index contributed by atoms with van der Waals surface area (Å²) in [7, 11) is 0. The van der Waals surface area contributed by atoms with Crippen LogP contribution in [0.1, 0.15) is 26.3 Å². The van der Waals surface area contributed by atoms with Crippen LogP contribution in [0.4, 0.5) is 0 Å². The normalized spacial score (nSPS) is 15.2. The molecule has 1 aromatic heterocycles. The van der Waals surface area contributed by atoms with Crippen LogP contribution in [0, 0.1) is 5.92 Å². The molecule has 0 atom stereocenters. The number of thioether (sulfide) groups is 1. The predicted molar refractivity (Wildman–Crippen MR) is 125 cm³/mol. The second kappa shape index (κ2) is 8.53. The zero-order valence-electron chi connectivity index (χ0n) is 17.5. The largest absolute Gasteiger partial charge is 0.481 e. The molecular weight excluding hydrogens is 412 g/mol. The van der Waals surface area contributed by atoms with Gasteiger partial charge in [0.2, 0.25) is 0 Å². The first-order chi connectivity index (χ1) is 14.3. The lowest BCUT2D eigenvalue weighted by molar-refractivity contribution is -0.147. The van der Waals surface area contributed by atoms with Crippen molar-refractivity contribution in [2.45, 2.75) is 37.0 Å². The van der Waals surface area contributed by atoms with Gasteiger partial charge in [-0.05, 0) is 23.3 Å². The number of rotatable bonds is 6. The first-order valence-electron chi connectivity index (χ1n) is 10.1. The molecule has 0 bridgehead atoms. The third-order valence-corrected chi connectivity index (χ3v) is 7.20. The summed E-state index contributed by atoms with van der Waals surface area (Å²) in [6.45, 7) is 8.75. The molecule has 4 nitrogen and oxygen atoms in total. The van der Waals surface area contributed by atoms with E-state index in [0.29, 0.717) is 13.1 Å². The van der Waals surface area contributed by atoms with Gasteiger partial charge in [0.15, 0.2) is 0 Å². The molecule has 1 aliphatic rings. The van der Waals surface area contributed by atoms with Crippen molar-refractivity contribution < 1.29 is 9.90 Å². The fourth-order valence-corrected chi connectivity index (χ4v) is 5.35. The summed E-state index contributed by atoms with van der Waals surface area (Å²) in [5.74, 6) is -0.900. The summed E-state index contributed by atoms with van der Waals surface area (Å²) in [5, 5.41) is 10.0. The van der Waals surface area contributed by atoms with Crippen molar-refractivity contribution in [1.29, 1.82) is 0 Å². The second-order valence-electron chi connectivity index (χ2n) is 8.69. The Morgan fingerprint density at radius 1 is 1.10 bits per heavy atom. The van der Waals surface area contributed by atoms with Gasteiger partial charge in [-0.2, -0.15) is 0 Å². The molecule has 2 heterocycles. The Balaban J connectivity index is 1.39. The van der Waals surface area contributed by atoms with Crippen LogP contribution in [0.15, 0.2) is 59.6 Å². The van der Waals surface area contributed by atoms with Crippen LogP contribution >= 0.6 is 23.1 Å². The molecule has 0 saturated carbocycles. The first-order valence-corrected chi connectivity index (χ1v) is 11.7. The molecule has 2 aromatic carbocycles. The molecule has 0 unspecified atom stereocenters. The van der Waals surface area contributed by atoms with Crippen LogP contribution in [-0.2, 0) is 11.3 Å². The van der Waals surface area contributed by atoms with Crippen molar-refractivity contribution in [2.24, 2.45) is 5.92 Å². The van der Waals surface area contributed by atoms with Crippen LogP contribution in [0.5, 0.6) is 0 Å². The third-order valence-electron chi connectivity index (χ3n) is 4.98. The average Bonchev–Trinajstić information content (AvgIpc) is 3.14. The number of benzene rings is 2. The van der Waals surface area contributed by atoms with E-state index in [9.17, 15) is 4.79 Å². The maximum absolute atomic E-state index is 10.9. The van der Waals surface area contributed by atoms with E-state index in [2.05, 4.69) is 79.2 Å². The van der Waals surface area contributed by atoms with Crippen molar-refractivity contribution >= 4 is 29.1 Å². The van der Waals surface area contributed by atoms with Gasteiger partial charge in [0.1, 0.15) is 5.01 Å². The van der Waals surface area contributed by atoms with E-state index in [1.165, 1.54) is 20.9 Å². The molecule has 4 rings (SSSR count). The molecule has 1 aliphatic heterocycles. The minimum atomic E-state index is -0.691. The lowest BCUT2D eigenvalue weighted by Crippen LogP contribution is -2.49. The van der Waals surface area contributed by atoms with E-state index in [-0.39, 0.29) is 10.7 Å². The van der Waals surface area contributed by atoms with Crippen LogP contribution in [0.2, 0.25) is 0 Å². The number of likely N-dealkylation sites (tertiary alicyclic amines) is 1. The second-order valence-corrected chi connectivity index (χ2v) is 11.6. The zero-order chi connectivity index (χ0) is 21.3. The number of carboxylic acid groups (broad SMARTS) is 1. The molecule has 156 valence electrons. The maximum atomic E-state index is 10.9. The minimum Gasteiger partial charge on any atom is -0.481 e. The van der Waals surface area contributed by atoms with E-state index in [4.69, 9.17) is 5.11 Å². The zero-order valence-corrected chi connectivity index (χ0v) is 19.1. The molecule has 0 amide bonds. The average molecular weight is 439 g/mol. The van der Waals surface area contributed by atoms with Gasteiger partial charge in [0.05, 0.1) is 10.8 Å². The Morgan fingerprint density at radius 2 is 1.73 bits per heavy atom. The summed E-state index contributed by atoms with van der Waals surface area (Å²) >= 11 is 3.58. The van der Waals surface area contributed by atoms with Crippen molar-refractivity contribution in [3.05, 3.63) is 60.3 Å². The van der Waals surface area contributed by atoms with Crippen molar-refractivity contribution in [3.8, 4) is 21.0 Å². The highest BCUT2D eigenvalue weighted by Crippen LogP contribution is 2.36. The van der Waals surface area contributed by atoms with Gasteiger partial charge >= 0.3 is 5.97 Å². The number of nitrogens with zero attached hydrogens (tertiary/aromatic N) is 2. The van der Waals surface area contributed by atoms with E-state index in [1.54, 1.807) is 11.3 Å². The molecule has 1 N–H and O–H groups in total. The van der Waals surface area contributed by atoms with Crippen molar-refractivity contribution in [2.75, 3.05) is 13.1 Å². The van der Waals surface area contributed by atoms with Crippen LogP contribution in [-0.4, -0.2) is 38.8 Å². The van der Waals surface area contributed by atoms with E-state index < -0.39 is 5.97 Å². The number of hydrogen-bond acceptors (Lipinski definition) is 5. The summed E-state index contributed by atoms with van der Waals surface area (Å²) < 4.78 is 0.207. The van der Waals surface area contributed by atoms with Gasteiger partial charge in [0, 0.05) is 41.0 Å². The Kier molecular flexibility index (Phi) is 6.00. The number of aliphatic carboxylic acids is 1. The van der Waals surface area contributed by atoms with Gasteiger partial charge < -0.3 is 5.11 Å². The fourth-order valence-electron chi connectivity index (χ4n) is 3.45. The Bertz CT molecular complexity index is 1010. The molecule has 1 saturated heterocycles. The molecule has 0 spiro atoms. The number of hydrogen-bond donors (Lipinski definition) is 1. The summed E-state index contributed by atoms with van der Waals surface area (Å²) in [4.78, 5) is 20.2. The van der Waals surface area contributed by atoms with Crippen LogP contribution < -0.4 is 0 Å². The van der Waals surface area contributed by atoms with E-state index in [0.717, 1.165) is 17.1 Å².